The van der Waals surface area contributed by atoms with Crippen molar-refractivity contribution in [3.05, 3.63) is 58.6 Å². The van der Waals surface area contributed by atoms with Crippen LogP contribution in [0.3, 0.4) is 0 Å². The second-order valence-electron chi connectivity index (χ2n) is 8.40. The average molecular weight is 506 g/mol. The topological polar surface area (TPSA) is 81.0 Å². The van der Waals surface area contributed by atoms with Gasteiger partial charge in [0.15, 0.2) is 4.80 Å². The summed E-state index contributed by atoms with van der Waals surface area (Å²) in [6, 6.07) is 10.4. The van der Waals surface area contributed by atoms with E-state index < -0.39 is 15.9 Å². The number of aromatic nitrogens is 1. The van der Waals surface area contributed by atoms with E-state index in [-0.39, 0.29) is 16.3 Å². The van der Waals surface area contributed by atoms with E-state index in [1.165, 1.54) is 52.0 Å². The molecule has 1 aromatic heterocycles. The van der Waals surface area contributed by atoms with Crippen LogP contribution in [0.2, 0.25) is 0 Å². The molecule has 182 valence electrons. The lowest BCUT2D eigenvalue weighted by Crippen LogP contribution is -2.39. The van der Waals surface area contributed by atoms with Gasteiger partial charge in [-0.25, -0.2) is 12.8 Å². The van der Waals surface area contributed by atoms with Crippen molar-refractivity contribution in [2.75, 3.05) is 26.3 Å². The average Bonchev–Trinajstić information content (AvgIpc) is 3.15. The number of fused-ring (bicyclic) bond motifs is 1. The first-order valence-electron chi connectivity index (χ1n) is 11.4. The summed E-state index contributed by atoms with van der Waals surface area (Å²) >= 11 is 1.22. The number of amides is 1. The molecule has 0 unspecified atom stereocenters. The van der Waals surface area contributed by atoms with Gasteiger partial charge in [-0.1, -0.05) is 18.3 Å². The third kappa shape index (κ3) is 5.30. The Morgan fingerprint density at radius 2 is 2.00 bits per heavy atom. The number of carbonyl (C=O) groups excluding carboxylic acids is 1. The zero-order valence-corrected chi connectivity index (χ0v) is 20.9. The number of ether oxygens (including phenoxy) is 1. The molecule has 0 spiro atoms. The Bertz CT molecular complexity index is 1350. The van der Waals surface area contributed by atoms with Crippen LogP contribution in [0, 0.1) is 11.7 Å². The Kier molecular flexibility index (Phi) is 7.61. The number of piperidine rings is 1. The molecule has 34 heavy (non-hydrogen) atoms. The van der Waals surface area contributed by atoms with E-state index in [1.807, 2.05) is 18.4 Å². The van der Waals surface area contributed by atoms with Gasteiger partial charge in [-0.3, -0.25) is 4.79 Å². The summed E-state index contributed by atoms with van der Waals surface area (Å²) in [5.74, 6) is -0.524. The largest absolute Gasteiger partial charge is 0.380 e. The van der Waals surface area contributed by atoms with Crippen molar-refractivity contribution >= 4 is 37.5 Å². The van der Waals surface area contributed by atoms with Gasteiger partial charge in [0.2, 0.25) is 10.0 Å². The minimum Gasteiger partial charge on any atom is -0.380 e. The minimum atomic E-state index is -3.60. The summed E-state index contributed by atoms with van der Waals surface area (Å²) in [6.07, 6.45) is 1.87. The SMILES string of the molecule is CCOCCn1c(=NC(=O)c2ccc(S(=O)(=O)N3CCC[C@H](C)C3)cc2)sc2cc(F)ccc21. The predicted octanol–water partition coefficient (Wildman–Crippen LogP) is 4.04. The van der Waals surface area contributed by atoms with Crippen molar-refractivity contribution in [3.63, 3.8) is 0 Å². The molecule has 1 fully saturated rings. The Balaban J connectivity index is 1.62. The monoisotopic (exact) mass is 505 g/mol. The molecule has 1 aliphatic rings. The van der Waals surface area contributed by atoms with Gasteiger partial charge in [0.05, 0.1) is 21.7 Å². The zero-order valence-electron chi connectivity index (χ0n) is 19.2. The molecule has 0 bridgehead atoms. The zero-order chi connectivity index (χ0) is 24.3. The summed E-state index contributed by atoms with van der Waals surface area (Å²) in [7, 11) is -3.60. The molecule has 0 N–H and O–H groups in total. The van der Waals surface area contributed by atoms with Gasteiger partial charge in [-0.2, -0.15) is 9.30 Å². The summed E-state index contributed by atoms with van der Waals surface area (Å²) in [6.45, 7) is 6.43. The van der Waals surface area contributed by atoms with Gasteiger partial charge in [0.25, 0.3) is 5.91 Å². The molecular weight excluding hydrogens is 477 g/mol. The number of hydrogen-bond acceptors (Lipinski definition) is 5. The molecule has 10 heteroatoms. The van der Waals surface area contributed by atoms with Crippen LogP contribution in [-0.4, -0.2) is 49.5 Å². The molecule has 1 aliphatic heterocycles. The lowest BCUT2D eigenvalue weighted by Gasteiger charge is -2.30. The second kappa shape index (κ2) is 10.5. The van der Waals surface area contributed by atoms with Crippen LogP contribution in [0.25, 0.3) is 10.2 Å². The van der Waals surface area contributed by atoms with Gasteiger partial charge in [-0.05, 0) is 68.1 Å². The molecule has 2 heterocycles. The molecule has 4 rings (SSSR count). The van der Waals surface area contributed by atoms with E-state index in [9.17, 15) is 17.6 Å². The molecule has 1 atom stereocenters. The fourth-order valence-corrected chi connectivity index (χ4v) is 6.76. The van der Waals surface area contributed by atoms with E-state index in [1.54, 1.807) is 6.07 Å². The number of sulfonamides is 1. The summed E-state index contributed by atoms with van der Waals surface area (Å²) in [5.41, 5.74) is 1.06. The molecule has 7 nitrogen and oxygen atoms in total. The van der Waals surface area contributed by atoms with Crippen LogP contribution in [-0.2, 0) is 21.3 Å². The summed E-state index contributed by atoms with van der Waals surface area (Å²) in [5, 5.41) is 0. The molecule has 1 saturated heterocycles. The molecule has 1 amide bonds. The normalized spacial score (nSPS) is 18.0. The van der Waals surface area contributed by atoms with E-state index in [4.69, 9.17) is 4.74 Å². The number of rotatable bonds is 7. The minimum absolute atomic E-state index is 0.169. The van der Waals surface area contributed by atoms with Crippen LogP contribution in [0.1, 0.15) is 37.0 Å². The van der Waals surface area contributed by atoms with E-state index in [0.29, 0.717) is 48.3 Å². The van der Waals surface area contributed by atoms with Crippen LogP contribution >= 0.6 is 11.3 Å². The predicted molar refractivity (Wildman–Crippen MR) is 130 cm³/mol. The maximum Gasteiger partial charge on any atom is 0.279 e. The van der Waals surface area contributed by atoms with Crippen molar-refractivity contribution < 1.29 is 22.3 Å². The highest BCUT2D eigenvalue weighted by molar-refractivity contribution is 7.89. The Morgan fingerprint density at radius 1 is 1.24 bits per heavy atom. The fraction of sp³-hybridized carbons (Fsp3) is 0.417. The van der Waals surface area contributed by atoms with Gasteiger partial charge < -0.3 is 9.30 Å². The number of halogens is 1. The van der Waals surface area contributed by atoms with Crippen molar-refractivity contribution in [1.82, 2.24) is 8.87 Å². The quantitative estimate of drug-likeness (QED) is 0.454. The number of benzene rings is 2. The van der Waals surface area contributed by atoms with Gasteiger partial charge in [-0.15, -0.1) is 0 Å². The van der Waals surface area contributed by atoms with Crippen LogP contribution in [0.15, 0.2) is 52.4 Å². The van der Waals surface area contributed by atoms with Gasteiger partial charge in [0, 0.05) is 31.8 Å². The maximum absolute atomic E-state index is 13.7. The molecule has 3 aromatic rings. The smallest absolute Gasteiger partial charge is 0.279 e. The van der Waals surface area contributed by atoms with E-state index >= 15 is 0 Å². The summed E-state index contributed by atoms with van der Waals surface area (Å²) in [4.78, 5) is 17.8. The Labute approximate surface area is 202 Å². The highest BCUT2D eigenvalue weighted by Crippen LogP contribution is 2.24. The van der Waals surface area contributed by atoms with Crippen LogP contribution in [0.5, 0.6) is 0 Å². The highest BCUT2D eigenvalue weighted by Gasteiger charge is 2.28. The van der Waals surface area contributed by atoms with Crippen molar-refractivity contribution in [2.24, 2.45) is 10.9 Å². The first-order chi connectivity index (χ1) is 16.3. The van der Waals surface area contributed by atoms with Crippen molar-refractivity contribution in [3.8, 4) is 0 Å². The Morgan fingerprint density at radius 3 is 2.71 bits per heavy atom. The lowest BCUT2D eigenvalue weighted by molar-refractivity contribution is 0.0996. The standard InChI is InChI=1S/C24H28FN3O4S2/c1-3-32-14-13-28-21-11-8-19(25)15-22(21)33-24(28)26-23(29)18-6-9-20(10-7-18)34(30,31)27-12-4-5-17(2)16-27/h6-11,15,17H,3-5,12-14,16H2,1-2H3/t17-/m0/s1. The van der Waals surface area contributed by atoms with Crippen molar-refractivity contribution in [1.29, 1.82) is 0 Å². The molecule has 0 radical (unpaired) electrons. The van der Waals surface area contributed by atoms with Crippen LogP contribution in [0.4, 0.5) is 4.39 Å². The second-order valence-corrected chi connectivity index (χ2v) is 11.3. The summed E-state index contributed by atoms with van der Waals surface area (Å²) < 4.78 is 49.2. The lowest BCUT2D eigenvalue weighted by atomic mass is 10.0. The van der Waals surface area contributed by atoms with Gasteiger partial charge >= 0.3 is 0 Å². The molecule has 0 saturated carbocycles. The highest BCUT2D eigenvalue weighted by atomic mass is 32.2. The van der Waals surface area contributed by atoms with Gasteiger partial charge in [0.1, 0.15) is 5.82 Å². The first kappa shape index (κ1) is 24.7. The number of thiazole rings is 1. The Hall–Kier alpha value is -2.40. The van der Waals surface area contributed by atoms with E-state index in [0.717, 1.165) is 18.4 Å². The fourth-order valence-electron chi connectivity index (χ4n) is 4.08. The molecular formula is C24H28FN3O4S2. The van der Waals surface area contributed by atoms with E-state index in [2.05, 4.69) is 4.99 Å². The maximum atomic E-state index is 13.7. The third-order valence-corrected chi connectivity index (χ3v) is 8.78. The molecule has 2 aromatic carbocycles. The number of carbonyl (C=O) groups is 1. The van der Waals surface area contributed by atoms with Crippen LogP contribution < -0.4 is 4.80 Å². The first-order valence-corrected chi connectivity index (χ1v) is 13.6. The number of nitrogens with zero attached hydrogens (tertiary/aromatic N) is 3. The third-order valence-electron chi connectivity index (χ3n) is 5.86. The number of hydrogen-bond donors (Lipinski definition) is 0. The molecule has 0 aliphatic carbocycles. The van der Waals surface area contributed by atoms with Crippen molar-refractivity contribution in [2.45, 2.75) is 38.1 Å².